The third-order valence-electron chi connectivity index (χ3n) is 3.03. The maximum absolute atomic E-state index is 11.7. The van der Waals surface area contributed by atoms with Crippen LogP contribution in [0.25, 0.3) is 10.9 Å². The Hall–Kier alpha value is -2.30. The van der Waals surface area contributed by atoms with Crippen molar-refractivity contribution in [3.63, 3.8) is 0 Å². The summed E-state index contributed by atoms with van der Waals surface area (Å²) in [6.45, 7) is 1.99. The molecule has 0 saturated carbocycles. The minimum Gasteiger partial charge on any atom is -0.465 e. The van der Waals surface area contributed by atoms with Crippen molar-refractivity contribution in [3.05, 3.63) is 36.0 Å². The molecule has 0 bridgehead atoms. The van der Waals surface area contributed by atoms with E-state index in [1.165, 1.54) is 0 Å². The lowest BCUT2D eigenvalue weighted by Crippen LogP contribution is -2.30. The molecule has 0 aliphatic carbocycles. The van der Waals surface area contributed by atoms with Crippen molar-refractivity contribution in [2.45, 2.75) is 19.8 Å². The molecule has 0 aliphatic rings. The first-order chi connectivity index (χ1) is 9.70. The number of aryl methyl sites for hydroxylation is 1. The van der Waals surface area contributed by atoms with Crippen molar-refractivity contribution in [3.8, 4) is 0 Å². The van der Waals surface area contributed by atoms with Gasteiger partial charge in [0.1, 0.15) is 6.54 Å². The first-order valence-corrected chi connectivity index (χ1v) is 6.68. The average Bonchev–Trinajstić information content (AvgIpc) is 2.86. The van der Waals surface area contributed by atoms with Gasteiger partial charge in [0.2, 0.25) is 5.91 Å². The van der Waals surface area contributed by atoms with E-state index in [0.29, 0.717) is 19.4 Å². The van der Waals surface area contributed by atoms with E-state index in [2.05, 4.69) is 10.3 Å². The van der Waals surface area contributed by atoms with Gasteiger partial charge in [-0.2, -0.15) is 0 Å². The van der Waals surface area contributed by atoms with Gasteiger partial charge in [-0.05, 0) is 25.0 Å². The molecule has 20 heavy (non-hydrogen) atoms. The van der Waals surface area contributed by atoms with Gasteiger partial charge >= 0.3 is 5.97 Å². The van der Waals surface area contributed by atoms with Crippen LogP contribution in [0.2, 0.25) is 0 Å². The topological polar surface area (TPSA) is 71.2 Å². The normalized spacial score (nSPS) is 10.4. The number of ether oxygens (including phenoxy) is 1. The van der Waals surface area contributed by atoms with Gasteiger partial charge in [0.25, 0.3) is 0 Å². The summed E-state index contributed by atoms with van der Waals surface area (Å²) in [5.41, 5.74) is 2.17. The van der Waals surface area contributed by atoms with Crippen LogP contribution in [0.1, 0.15) is 18.9 Å². The summed E-state index contributed by atoms with van der Waals surface area (Å²) in [5.74, 6) is -0.559. The molecule has 2 aromatic rings. The van der Waals surface area contributed by atoms with E-state index in [0.717, 1.165) is 16.5 Å². The smallest absolute Gasteiger partial charge is 0.325 e. The van der Waals surface area contributed by atoms with Crippen molar-refractivity contribution in [2.24, 2.45) is 0 Å². The minimum absolute atomic E-state index is 0.0689. The predicted octanol–water partition coefficient (Wildman–Crippen LogP) is 1.78. The maximum Gasteiger partial charge on any atom is 0.325 e. The fourth-order valence-electron chi connectivity index (χ4n) is 2.06. The fourth-order valence-corrected chi connectivity index (χ4v) is 2.06. The van der Waals surface area contributed by atoms with Gasteiger partial charge in [-0.3, -0.25) is 9.59 Å². The van der Waals surface area contributed by atoms with Gasteiger partial charge in [-0.15, -0.1) is 0 Å². The number of carbonyl (C=O) groups is 2. The lowest BCUT2D eigenvalue weighted by Gasteiger charge is -2.04. The Bertz CT molecular complexity index is 604. The molecule has 0 unspecified atom stereocenters. The molecule has 0 atom stereocenters. The van der Waals surface area contributed by atoms with Gasteiger partial charge in [0, 0.05) is 23.5 Å². The van der Waals surface area contributed by atoms with Crippen LogP contribution in [-0.2, 0) is 20.7 Å². The van der Waals surface area contributed by atoms with Crippen LogP contribution in [0.15, 0.2) is 30.5 Å². The number of aromatic amines is 1. The molecule has 2 rings (SSSR count). The summed E-state index contributed by atoms with van der Waals surface area (Å²) in [7, 11) is 0. The van der Waals surface area contributed by atoms with Gasteiger partial charge in [0.15, 0.2) is 0 Å². The lowest BCUT2D eigenvalue weighted by molar-refractivity contribution is -0.143. The van der Waals surface area contributed by atoms with Crippen molar-refractivity contribution in [1.82, 2.24) is 10.3 Å². The summed E-state index contributed by atoms with van der Waals surface area (Å²) >= 11 is 0. The van der Waals surface area contributed by atoms with Gasteiger partial charge in [-0.25, -0.2) is 0 Å². The second-order valence-corrected chi connectivity index (χ2v) is 4.44. The maximum atomic E-state index is 11.7. The number of benzene rings is 1. The van der Waals surface area contributed by atoms with Crippen molar-refractivity contribution >= 4 is 22.8 Å². The van der Waals surface area contributed by atoms with E-state index in [1.54, 1.807) is 6.92 Å². The predicted molar refractivity (Wildman–Crippen MR) is 76.3 cm³/mol. The number of hydrogen-bond acceptors (Lipinski definition) is 3. The summed E-state index contributed by atoms with van der Waals surface area (Å²) < 4.78 is 4.74. The number of nitrogens with one attached hydrogen (secondary N) is 2. The third-order valence-corrected chi connectivity index (χ3v) is 3.03. The monoisotopic (exact) mass is 274 g/mol. The SMILES string of the molecule is CCOC(=O)CNC(=O)CCc1c[nH]c2ccccc12. The number of fused-ring (bicyclic) bond motifs is 1. The highest BCUT2D eigenvalue weighted by atomic mass is 16.5. The van der Waals surface area contributed by atoms with E-state index in [9.17, 15) is 9.59 Å². The molecule has 5 heteroatoms. The molecule has 0 spiro atoms. The minimum atomic E-state index is -0.409. The highest BCUT2D eigenvalue weighted by molar-refractivity contribution is 5.85. The summed E-state index contributed by atoms with van der Waals surface area (Å²) in [4.78, 5) is 25.9. The second kappa shape index (κ2) is 6.75. The molecule has 1 aromatic heterocycles. The van der Waals surface area contributed by atoms with E-state index in [-0.39, 0.29) is 12.5 Å². The zero-order valence-electron chi connectivity index (χ0n) is 11.4. The lowest BCUT2D eigenvalue weighted by atomic mass is 10.1. The van der Waals surface area contributed by atoms with E-state index >= 15 is 0 Å². The van der Waals surface area contributed by atoms with Crippen LogP contribution >= 0.6 is 0 Å². The molecule has 5 nitrogen and oxygen atoms in total. The Morgan fingerprint density at radius 3 is 2.90 bits per heavy atom. The Balaban J connectivity index is 1.83. The Morgan fingerprint density at radius 1 is 1.30 bits per heavy atom. The third kappa shape index (κ3) is 3.60. The van der Waals surface area contributed by atoms with Crippen molar-refractivity contribution < 1.29 is 14.3 Å². The molecule has 0 saturated heterocycles. The van der Waals surface area contributed by atoms with Crippen molar-refractivity contribution in [2.75, 3.05) is 13.2 Å². The number of rotatable bonds is 6. The molecular formula is C15H18N2O3. The zero-order chi connectivity index (χ0) is 14.4. The summed E-state index contributed by atoms with van der Waals surface area (Å²) in [5, 5.41) is 3.68. The largest absolute Gasteiger partial charge is 0.465 e. The molecule has 1 aromatic carbocycles. The Labute approximate surface area is 117 Å². The number of esters is 1. The summed E-state index contributed by atoms with van der Waals surface area (Å²) in [6.07, 6.45) is 2.91. The van der Waals surface area contributed by atoms with Gasteiger partial charge < -0.3 is 15.0 Å². The summed E-state index contributed by atoms with van der Waals surface area (Å²) in [6, 6.07) is 7.96. The number of H-pyrrole nitrogens is 1. The van der Waals surface area contributed by atoms with Gasteiger partial charge in [0.05, 0.1) is 6.61 Å². The van der Waals surface area contributed by atoms with Gasteiger partial charge in [-0.1, -0.05) is 18.2 Å². The average molecular weight is 274 g/mol. The quantitative estimate of drug-likeness (QED) is 0.789. The first kappa shape index (κ1) is 14.1. The highest BCUT2D eigenvalue weighted by Gasteiger charge is 2.08. The number of amides is 1. The first-order valence-electron chi connectivity index (χ1n) is 6.68. The van der Waals surface area contributed by atoms with Crippen LogP contribution in [0.5, 0.6) is 0 Å². The van der Waals surface area contributed by atoms with E-state index < -0.39 is 5.97 Å². The molecule has 0 radical (unpaired) electrons. The molecule has 0 aliphatic heterocycles. The zero-order valence-corrected chi connectivity index (χ0v) is 11.4. The van der Waals surface area contributed by atoms with Crippen LogP contribution in [0, 0.1) is 0 Å². The standard InChI is InChI=1S/C15H18N2O3/c1-2-20-15(19)10-17-14(18)8-7-11-9-16-13-6-4-3-5-12(11)13/h3-6,9,16H,2,7-8,10H2,1H3,(H,17,18). The van der Waals surface area contributed by atoms with Crippen LogP contribution in [-0.4, -0.2) is 30.0 Å². The highest BCUT2D eigenvalue weighted by Crippen LogP contribution is 2.18. The molecule has 1 amide bonds. The number of hydrogen-bond donors (Lipinski definition) is 2. The van der Waals surface area contributed by atoms with E-state index in [1.807, 2.05) is 30.5 Å². The fraction of sp³-hybridized carbons (Fsp3) is 0.333. The Morgan fingerprint density at radius 2 is 2.10 bits per heavy atom. The molecule has 106 valence electrons. The van der Waals surface area contributed by atoms with E-state index in [4.69, 9.17) is 4.74 Å². The molecule has 1 heterocycles. The number of carbonyl (C=O) groups excluding carboxylic acids is 2. The number of para-hydroxylation sites is 1. The second-order valence-electron chi connectivity index (χ2n) is 4.44. The molecule has 2 N–H and O–H groups in total. The van der Waals surface area contributed by atoms with Crippen LogP contribution in [0.4, 0.5) is 0 Å². The molecular weight excluding hydrogens is 256 g/mol. The number of aromatic nitrogens is 1. The van der Waals surface area contributed by atoms with Crippen LogP contribution in [0.3, 0.4) is 0 Å². The van der Waals surface area contributed by atoms with Crippen LogP contribution < -0.4 is 5.32 Å². The molecule has 0 fully saturated rings. The van der Waals surface area contributed by atoms with Crippen molar-refractivity contribution in [1.29, 1.82) is 0 Å². The Kier molecular flexibility index (Phi) is 4.76.